The van der Waals surface area contributed by atoms with Crippen molar-refractivity contribution in [3.8, 4) is 0 Å². The van der Waals surface area contributed by atoms with E-state index in [1.54, 1.807) is 18.3 Å². The number of hydrogen-bond acceptors (Lipinski definition) is 3. The van der Waals surface area contributed by atoms with Gasteiger partial charge in [0.05, 0.1) is 6.54 Å². The highest BCUT2D eigenvalue weighted by molar-refractivity contribution is 7.10. The highest BCUT2D eigenvalue weighted by atomic mass is 32.1. The number of aryl methyl sites for hydroxylation is 1. The van der Waals surface area contributed by atoms with E-state index < -0.39 is 5.54 Å². The average Bonchev–Trinajstić information content (AvgIpc) is 2.82. The molecule has 1 heterocycles. The Morgan fingerprint density at radius 2 is 2.00 bits per heavy atom. The molecule has 1 unspecified atom stereocenters. The van der Waals surface area contributed by atoms with E-state index in [2.05, 4.69) is 5.32 Å². The van der Waals surface area contributed by atoms with Gasteiger partial charge < -0.3 is 11.1 Å². The molecule has 2 aromatic rings. The van der Waals surface area contributed by atoms with E-state index in [-0.39, 0.29) is 5.91 Å². The van der Waals surface area contributed by atoms with Crippen molar-refractivity contribution in [2.24, 2.45) is 5.73 Å². The Morgan fingerprint density at radius 3 is 2.58 bits per heavy atom. The highest BCUT2D eigenvalue weighted by Gasteiger charge is 2.30. The van der Waals surface area contributed by atoms with E-state index in [0.29, 0.717) is 6.54 Å². The Kier molecular flexibility index (Phi) is 4.02. The maximum absolute atomic E-state index is 12.2. The molecular weight excluding hydrogens is 256 g/mol. The van der Waals surface area contributed by atoms with Gasteiger partial charge in [-0.25, -0.2) is 0 Å². The van der Waals surface area contributed by atoms with E-state index in [4.69, 9.17) is 5.73 Å². The molecule has 0 spiro atoms. The van der Waals surface area contributed by atoms with Gasteiger partial charge in [0.15, 0.2) is 0 Å². The second-order valence-electron chi connectivity index (χ2n) is 4.78. The van der Waals surface area contributed by atoms with Crippen molar-refractivity contribution in [2.45, 2.75) is 25.9 Å². The molecule has 0 fully saturated rings. The zero-order valence-corrected chi connectivity index (χ0v) is 12.0. The van der Waals surface area contributed by atoms with Crippen molar-refractivity contribution in [1.82, 2.24) is 5.32 Å². The number of amides is 1. The molecule has 1 aromatic carbocycles. The Hall–Kier alpha value is -1.65. The Morgan fingerprint density at radius 1 is 1.32 bits per heavy atom. The third-order valence-electron chi connectivity index (χ3n) is 3.22. The predicted octanol–water partition coefficient (Wildman–Crippen LogP) is 2.55. The smallest absolute Gasteiger partial charge is 0.244 e. The van der Waals surface area contributed by atoms with Crippen LogP contribution >= 0.6 is 11.3 Å². The lowest BCUT2D eigenvalue weighted by molar-refractivity contribution is -0.126. The highest BCUT2D eigenvalue weighted by Crippen LogP contribution is 2.19. The molecule has 1 amide bonds. The normalized spacial score (nSPS) is 13.8. The molecule has 4 heteroatoms. The molecule has 3 nitrogen and oxygen atoms in total. The van der Waals surface area contributed by atoms with Gasteiger partial charge in [0.2, 0.25) is 5.91 Å². The minimum Gasteiger partial charge on any atom is -0.349 e. The lowest BCUT2D eigenvalue weighted by atomic mass is 9.92. The topological polar surface area (TPSA) is 55.1 Å². The monoisotopic (exact) mass is 274 g/mol. The summed E-state index contributed by atoms with van der Waals surface area (Å²) in [5, 5.41) is 4.93. The van der Waals surface area contributed by atoms with Crippen LogP contribution in [0.2, 0.25) is 0 Å². The van der Waals surface area contributed by atoms with Gasteiger partial charge in [-0.15, -0.1) is 11.3 Å². The standard InChI is InChI=1S/C15H18N2OS/c1-11-8-9-19-13(11)10-17-14(18)15(2,16)12-6-4-3-5-7-12/h3-9H,10,16H2,1-2H3,(H,17,18). The van der Waals surface area contributed by atoms with Gasteiger partial charge in [-0.3, -0.25) is 4.79 Å². The van der Waals surface area contributed by atoms with Crippen LogP contribution in [0.5, 0.6) is 0 Å². The summed E-state index contributed by atoms with van der Waals surface area (Å²) in [5.41, 5.74) is 7.16. The first-order valence-corrected chi connectivity index (χ1v) is 7.05. The van der Waals surface area contributed by atoms with E-state index in [1.165, 1.54) is 5.56 Å². The van der Waals surface area contributed by atoms with E-state index in [0.717, 1.165) is 10.4 Å². The lowest BCUT2D eigenvalue weighted by Gasteiger charge is -2.24. The molecule has 1 atom stereocenters. The van der Waals surface area contributed by atoms with Gasteiger partial charge in [0.1, 0.15) is 5.54 Å². The Labute approximate surface area is 117 Å². The number of nitrogens with one attached hydrogen (secondary N) is 1. The van der Waals surface area contributed by atoms with Crippen molar-refractivity contribution in [3.05, 3.63) is 57.8 Å². The van der Waals surface area contributed by atoms with Crippen molar-refractivity contribution < 1.29 is 4.79 Å². The van der Waals surface area contributed by atoms with Crippen LogP contribution in [0.3, 0.4) is 0 Å². The number of nitrogens with two attached hydrogens (primary N) is 1. The van der Waals surface area contributed by atoms with Gasteiger partial charge in [-0.05, 0) is 36.4 Å². The quantitative estimate of drug-likeness (QED) is 0.900. The number of rotatable bonds is 4. The molecule has 0 saturated heterocycles. The first-order chi connectivity index (χ1) is 9.01. The summed E-state index contributed by atoms with van der Waals surface area (Å²) in [6, 6.07) is 11.5. The fourth-order valence-electron chi connectivity index (χ4n) is 1.84. The van der Waals surface area contributed by atoms with Gasteiger partial charge >= 0.3 is 0 Å². The van der Waals surface area contributed by atoms with Gasteiger partial charge in [0, 0.05) is 4.88 Å². The third kappa shape index (κ3) is 3.03. The number of benzene rings is 1. The molecule has 0 aliphatic rings. The summed E-state index contributed by atoms with van der Waals surface area (Å²) >= 11 is 1.64. The number of carbonyl (C=O) groups excluding carboxylic acids is 1. The Balaban J connectivity index is 2.05. The molecular formula is C15H18N2OS. The Bertz CT molecular complexity index is 561. The zero-order chi connectivity index (χ0) is 13.9. The number of hydrogen-bond donors (Lipinski definition) is 2. The van der Waals surface area contributed by atoms with E-state index >= 15 is 0 Å². The molecule has 19 heavy (non-hydrogen) atoms. The molecule has 0 bridgehead atoms. The second kappa shape index (κ2) is 5.55. The number of carbonyl (C=O) groups is 1. The van der Waals surface area contributed by atoms with Crippen LogP contribution in [0.4, 0.5) is 0 Å². The van der Waals surface area contributed by atoms with Crippen LogP contribution in [0.25, 0.3) is 0 Å². The maximum Gasteiger partial charge on any atom is 0.244 e. The van der Waals surface area contributed by atoms with E-state index in [1.807, 2.05) is 48.7 Å². The summed E-state index contributed by atoms with van der Waals surface area (Å²) in [6.45, 7) is 4.30. The van der Waals surface area contributed by atoms with Crippen molar-refractivity contribution in [1.29, 1.82) is 0 Å². The lowest BCUT2D eigenvalue weighted by Crippen LogP contribution is -2.48. The van der Waals surface area contributed by atoms with E-state index in [9.17, 15) is 4.79 Å². The van der Waals surface area contributed by atoms with Crippen molar-refractivity contribution >= 4 is 17.2 Å². The summed E-state index contributed by atoms with van der Waals surface area (Å²) < 4.78 is 0. The van der Waals surface area contributed by atoms with Gasteiger partial charge in [-0.1, -0.05) is 30.3 Å². The van der Waals surface area contributed by atoms with Crippen LogP contribution in [-0.4, -0.2) is 5.91 Å². The minimum atomic E-state index is -1.01. The zero-order valence-electron chi connectivity index (χ0n) is 11.1. The van der Waals surface area contributed by atoms with Crippen molar-refractivity contribution in [2.75, 3.05) is 0 Å². The predicted molar refractivity (Wildman–Crippen MR) is 78.9 cm³/mol. The largest absolute Gasteiger partial charge is 0.349 e. The second-order valence-corrected chi connectivity index (χ2v) is 5.78. The molecule has 0 radical (unpaired) electrons. The molecule has 100 valence electrons. The summed E-state index contributed by atoms with van der Waals surface area (Å²) in [6.07, 6.45) is 0. The first kappa shape index (κ1) is 13.8. The summed E-state index contributed by atoms with van der Waals surface area (Å²) in [4.78, 5) is 13.4. The fraction of sp³-hybridized carbons (Fsp3) is 0.267. The number of thiophene rings is 1. The average molecular weight is 274 g/mol. The van der Waals surface area contributed by atoms with Crippen LogP contribution in [-0.2, 0) is 16.9 Å². The van der Waals surface area contributed by atoms with Gasteiger partial charge in [-0.2, -0.15) is 0 Å². The molecule has 3 N–H and O–H groups in total. The van der Waals surface area contributed by atoms with Crippen molar-refractivity contribution in [3.63, 3.8) is 0 Å². The molecule has 1 aromatic heterocycles. The summed E-state index contributed by atoms with van der Waals surface area (Å²) in [7, 11) is 0. The van der Waals surface area contributed by atoms with Crippen LogP contribution in [0.15, 0.2) is 41.8 Å². The molecule has 2 rings (SSSR count). The fourth-order valence-corrected chi connectivity index (χ4v) is 2.69. The molecule has 0 saturated carbocycles. The summed E-state index contributed by atoms with van der Waals surface area (Å²) in [5.74, 6) is -0.161. The van der Waals surface area contributed by atoms with Crippen LogP contribution in [0, 0.1) is 6.92 Å². The molecule has 0 aliphatic heterocycles. The first-order valence-electron chi connectivity index (χ1n) is 6.17. The van der Waals surface area contributed by atoms with Crippen LogP contribution < -0.4 is 11.1 Å². The molecule has 0 aliphatic carbocycles. The van der Waals surface area contributed by atoms with Crippen LogP contribution in [0.1, 0.15) is 22.9 Å². The van der Waals surface area contributed by atoms with Gasteiger partial charge in [0.25, 0.3) is 0 Å². The SMILES string of the molecule is Cc1ccsc1CNC(=O)C(C)(N)c1ccccc1. The minimum absolute atomic E-state index is 0.161. The third-order valence-corrected chi connectivity index (χ3v) is 4.25. The maximum atomic E-state index is 12.2.